The quantitative estimate of drug-likeness (QED) is 0.688. The van der Waals surface area contributed by atoms with Crippen molar-refractivity contribution in [1.29, 1.82) is 5.26 Å². The molecule has 1 aliphatic heterocycles. The van der Waals surface area contributed by atoms with Gasteiger partial charge in [-0.1, -0.05) is 0 Å². The fraction of sp³-hybridized carbons (Fsp3) is 0.900. The first-order valence-electron chi connectivity index (χ1n) is 5.11. The third-order valence-corrected chi connectivity index (χ3v) is 3.52. The number of unbranched alkanes of at least 4 members (excludes halogenated alkanes) is 2. The van der Waals surface area contributed by atoms with Crippen LogP contribution in [0.4, 0.5) is 0 Å². The van der Waals surface area contributed by atoms with Crippen molar-refractivity contribution in [2.75, 3.05) is 18.1 Å². The van der Waals surface area contributed by atoms with Crippen LogP contribution < -0.4 is 5.32 Å². The Labute approximate surface area is 85.1 Å². The van der Waals surface area contributed by atoms with E-state index in [4.69, 9.17) is 5.26 Å². The van der Waals surface area contributed by atoms with E-state index in [1.54, 1.807) is 0 Å². The minimum atomic E-state index is 0.709. The number of nitrogens with one attached hydrogen (secondary N) is 1. The standard InChI is InChI=1S/C10H18N2S/c11-6-2-1-3-7-12-10-5-4-8-13-9-10/h10,12H,1-5,7-9H2. The van der Waals surface area contributed by atoms with Gasteiger partial charge in [0, 0.05) is 18.2 Å². The Bertz CT molecular complexity index is 159. The van der Waals surface area contributed by atoms with Crippen LogP contribution in [0.3, 0.4) is 0 Å². The largest absolute Gasteiger partial charge is 0.313 e. The summed E-state index contributed by atoms with van der Waals surface area (Å²) in [6.45, 7) is 1.09. The van der Waals surface area contributed by atoms with Gasteiger partial charge in [-0.2, -0.15) is 17.0 Å². The van der Waals surface area contributed by atoms with E-state index in [2.05, 4.69) is 23.1 Å². The number of nitriles is 1. The van der Waals surface area contributed by atoms with E-state index < -0.39 is 0 Å². The van der Waals surface area contributed by atoms with E-state index in [1.165, 1.54) is 24.3 Å². The highest BCUT2D eigenvalue weighted by Crippen LogP contribution is 2.16. The third kappa shape index (κ3) is 5.17. The second-order valence-corrected chi connectivity index (χ2v) is 4.63. The van der Waals surface area contributed by atoms with Crippen LogP contribution in [0.15, 0.2) is 0 Å². The van der Waals surface area contributed by atoms with Crippen molar-refractivity contribution in [3.63, 3.8) is 0 Å². The summed E-state index contributed by atoms with van der Waals surface area (Å²) in [6, 6.07) is 2.91. The molecule has 74 valence electrons. The van der Waals surface area contributed by atoms with Crippen LogP contribution in [0.5, 0.6) is 0 Å². The van der Waals surface area contributed by atoms with Gasteiger partial charge in [-0.15, -0.1) is 0 Å². The van der Waals surface area contributed by atoms with E-state index in [9.17, 15) is 0 Å². The summed E-state index contributed by atoms with van der Waals surface area (Å²) < 4.78 is 0. The monoisotopic (exact) mass is 198 g/mol. The summed E-state index contributed by atoms with van der Waals surface area (Å²) in [5.41, 5.74) is 0. The van der Waals surface area contributed by atoms with Gasteiger partial charge in [0.05, 0.1) is 6.07 Å². The molecule has 0 radical (unpaired) electrons. The van der Waals surface area contributed by atoms with Crippen molar-refractivity contribution < 1.29 is 0 Å². The van der Waals surface area contributed by atoms with Crippen LogP contribution in [0.25, 0.3) is 0 Å². The molecule has 1 aliphatic rings. The molecule has 13 heavy (non-hydrogen) atoms. The van der Waals surface area contributed by atoms with E-state index in [0.717, 1.165) is 25.4 Å². The lowest BCUT2D eigenvalue weighted by Gasteiger charge is -2.22. The molecule has 0 aliphatic carbocycles. The summed E-state index contributed by atoms with van der Waals surface area (Å²) in [5.74, 6) is 2.62. The maximum absolute atomic E-state index is 8.34. The summed E-state index contributed by atoms with van der Waals surface area (Å²) in [6.07, 6.45) is 5.60. The summed E-state index contributed by atoms with van der Waals surface area (Å²) in [4.78, 5) is 0. The molecule has 3 heteroatoms. The average molecular weight is 198 g/mol. The summed E-state index contributed by atoms with van der Waals surface area (Å²) in [7, 11) is 0. The number of rotatable bonds is 5. The molecule has 1 atom stereocenters. The van der Waals surface area contributed by atoms with Gasteiger partial charge in [-0.3, -0.25) is 0 Å². The van der Waals surface area contributed by atoms with Gasteiger partial charge in [0.1, 0.15) is 0 Å². The molecule has 1 rings (SSSR count). The van der Waals surface area contributed by atoms with Crippen molar-refractivity contribution in [2.45, 2.75) is 38.1 Å². The predicted octanol–water partition coefficient (Wildman–Crippen LogP) is 2.17. The molecule has 2 nitrogen and oxygen atoms in total. The van der Waals surface area contributed by atoms with Crippen molar-refractivity contribution in [2.24, 2.45) is 0 Å². The van der Waals surface area contributed by atoms with Crippen LogP contribution in [0.2, 0.25) is 0 Å². The lowest BCUT2D eigenvalue weighted by Crippen LogP contribution is -2.34. The molecule has 0 saturated carbocycles. The first kappa shape index (κ1) is 10.9. The maximum atomic E-state index is 8.34. The predicted molar refractivity (Wildman–Crippen MR) is 57.8 cm³/mol. The highest BCUT2D eigenvalue weighted by atomic mass is 32.2. The number of thioether (sulfide) groups is 1. The van der Waals surface area contributed by atoms with Gasteiger partial charge in [0.25, 0.3) is 0 Å². The van der Waals surface area contributed by atoms with Crippen LogP contribution in [0.1, 0.15) is 32.1 Å². The van der Waals surface area contributed by atoms with E-state index in [1.807, 2.05) is 0 Å². The smallest absolute Gasteiger partial charge is 0.0621 e. The van der Waals surface area contributed by atoms with Crippen molar-refractivity contribution in [1.82, 2.24) is 5.32 Å². The molecular formula is C10H18N2S. The molecule has 0 amide bonds. The highest BCUT2D eigenvalue weighted by Gasteiger charge is 2.11. The summed E-state index contributed by atoms with van der Waals surface area (Å²) >= 11 is 2.06. The molecule has 1 heterocycles. The number of hydrogen-bond donors (Lipinski definition) is 1. The molecule has 0 spiro atoms. The van der Waals surface area contributed by atoms with E-state index in [-0.39, 0.29) is 0 Å². The minimum absolute atomic E-state index is 0.709. The Hall–Kier alpha value is -0.200. The SMILES string of the molecule is N#CCCCCNC1CCCSC1. The van der Waals surface area contributed by atoms with Crippen LogP contribution in [-0.4, -0.2) is 24.1 Å². The zero-order chi connectivity index (χ0) is 9.36. The zero-order valence-corrected chi connectivity index (χ0v) is 8.91. The lowest BCUT2D eigenvalue weighted by molar-refractivity contribution is 0.496. The van der Waals surface area contributed by atoms with Gasteiger partial charge in [-0.05, 0) is 38.0 Å². The van der Waals surface area contributed by atoms with Crippen LogP contribution in [-0.2, 0) is 0 Å². The van der Waals surface area contributed by atoms with Gasteiger partial charge in [-0.25, -0.2) is 0 Å². The van der Waals surface area contributed by atoms with Crippen molar-refractivity contribution >= 4 is 11.8 Å². The second-order valence-electron chi connectivity index (χ2n) is 3.48. The van der Waals surface area contributed by atoms with Crippen LogP contribution >= 0.6 is 11.8 Å². The third-order valence-electron chi connectivity index (χ3n) is 2.31. The lowest BCUT2D eigenvalue weighted by atomic mass is 10.1. The Kier molecular flexibility index (Phi) is 6.05. The fourth-order valence-electron chi connectivity index (χ4n) is 1.54. The molecule has 1 unspecified atom stereocenters. The van der Waals surface area contributed by atoms with E-state index in [0.29, 0.717) is 6.42 Å². The topological polar surface area (TPSA) is 35.8 Å². The van der Waals surface area contributed by atoms with Crippen molar-refractivity contribution in [3.8, 4) is 6.07 Å². The van der Waals surface area contributed by atoms with Gasteiger partial charge in [0.2, 0.25) is 0 Å². The Balaban J connectivity index is 1.90. The molecule has 1 saturated heterocycles. The summed E-state index contributed by atoms with van der Waals surface area (Å²) in [5, 5.41) is 11.9. The first-order chi connectivity index (χ1) is 6.43. The van der Waals surface area contributed by atoms with Gasteiger partial charge < -0.3 is 5.32 Å². The minimum Gasteiger partial charge on any atom is -0.313 e. The molecule has 0 bridgehead atoms. The average Bonchev–Trinajstić information content (AvgIpc) is 2.19. The molecular weight excluding hydrogens is 180 g/mol. The maximum Gasteiger partial charge on any atom is 0.0621 e. The number of hydrogen-bond acceptors (Lipinski definition) is 3. The van der Waals surface area contributed by atoms with E-state index >= 15 is 0 Å². The fourth-order valence-corrected chi connectivity index (χ4v) is 2.64. The zero-order valence-electron chi connectivity index (χ0n) is 8.09. The molecule has 1 fully saturated rings. The Morgan fingerprint density at radius 2 is 2.38 bits per heavy atom. The molecule has 1 N–H and O–H groups in total. The van der Waals surface area contributed by atoms with Crippen molar-refractivity contribution in [3.05, 3.63) is 0 Å². The normalized spacial score (nSPS) is 22.5. The Morgan fingerprint density at radius 1 is 1.46 bits per heavy atom. The molecule has 0 aromatic heterocycles. The molecule has 0 aromatic rings. The second kappa shape index (κ2) is 7.23. The van der Waals surface area contributed by atoms with Gasteiger partial charge in [0.15, 0.2) is 0 Å². The molecule has 0 aromatic carbocycles. The highest BCUT2D eigenvalue weighted by molar-refractivity contribution is 7.99. The number of nitrogens with zero attached hydrogens (tertiary/aromatic N) is 1. The Morgan fingerprint density at radius 3 is 3.08 bits per heavy atom. The van der Waals surface area contributed by atoms with Crippen LogP contribution in [0, 0.1) is 11.3 Å². The van der Waals surface area contributed by atoms with Gasteiger partial charge >= 0.3 is 0 Å². The first-order valence-corrected chi connectivity index (χ1v) is 6.27.